The van der Waals surface area contributed by atoms with Crippen LogP contribution in [0.25, 0.3) is 0 Å². The van der Waals surface area contributed by atoms with Gasteiger partial charge in [0.2, 0.25) is 11.8 Å². The molecule has 0 spiro atoms. The predicted octanol–water partition coefficient (Wildman–Crippen LogP) is 1.09. The molecule has 1 aliphatic heterocycles. The summed E-state index contributed by atoms with van der Waals surface area (Å²) in [6.07, 6.45) is 7.12. The Morgan fingerprint density at radius 2 is 2.14 bits per heavy atom. The first kappa shape index (κ1) is 14.1. The van der Waals surface area contributed by atoms with E-state index in [1.54, 1.807) is 17.9 Å². The second kappa shape index (κ2) is 5.87. The molecule has 3 rings (SSSR count). The first-order valence-corrected chi connectivity index (χ1v) is 7.71. The monoisotopic (exact) mass is 290 g/mol. The van der Waals surface area contributed by atoms with Crippen molar-refractivity contribution in [3.63, 3.8) is 0 Å². The minimum absolute atomic E-state index is 0.0988. The lowest BCUT2D eigenvalue weighted by Gasteiger charge is -2.33. The fourth-order valence-corrected chi connectivity index (χ4v) is 3.43. The lowest BCUT2D eigenvalue weighted by molar-refractivity contribution is -0.136. The molecular formula is C15H22N4O2. The highest BCUT2D eigenvalue weighted by atomic mass is 16.2. The average molecular weight is 290 g/mol. The number of carbonyl (C=O) groups is 2. The summed E-state index contributed by atoms with van der Waals surface area (Å²) < 4.78 is 1.73. The van der Waals surface area contributed by atoms with Crippen molar-refractivity contribution in [2.75, 3.05) is 13.6 Å². The molecule has 1 fully saturated rings. The Kier molecular flexibility index (Phi) is 3.94. The van der Waals surface area contributed by atoms with Gasteiger partial charge in [-0.3, -0.25) is 14.3 Å². The fourth-order valence-electron chi connectivity index (χ4n) is 3.43. The number of amides is 2. The van der Waals surface area contributed by atoms with E-state index >= 15 is 0 Å². The second-order valence-electron chi connectivity index (χ2n) is 6.03. The molecule has 6 heteroatoms. The maximum Gasteiger partial charge on any atom is 0.246 e. The highest BCUT2D eigenvalue weighted by Gasteiger charge is 2.33. The molecule has 2 heterocycles. The summed E-state index contributed by atoms with van der Waals surface area (Å²) in [5.74, 6) is 0.601. The number of carbonyl (C=O) groups excluding carboxylic acids is 2. The number of likely N-dealkylation sites (N-methyl/N-ethyl adjacent to an activating group) is 1. The molecule has 1 aromatic heterocycles. The van der Waals surface area contributed by atoms with E-state index < -0.39 is 6.04 Å². The molecule has 0 bridgehead atoms. The van der Waals surface area contributed by atoms with Crippen molar-refractivity contribution in [2.45, 2.75) is 44.7 Å². The van der Waals surface area contributed by atoms with E-state index in [-0.39, 0.29) is 11.8 Å². The Morgan fingerprint density at radius 3 is 2.86 bits per heavy atom. The molecule has 2 aliphatic rings. The van der Waals surface area contributed by atoms with E-state index in [2.05, 4.69) is 10.4 Å². The van der Waals surface area contributed by atoms with Gasteiger partial charge in [0.1, 0.15) is 6.04 Å². The van der Waals surface area contributed by atoms with E-state index in [0.29, 0.717) is 25.4 Å². The third-order valence-corrected chi connectivity index (χ3v) is 4.63. The number of hydrogen-bond acceptors (Lipinski definition) is 3. The van der Waals surface area contributed by atoms with Gasteiger partial charge in [0, 0.05) is 19.7 Å². The summed E-state index contributed by atoms with van der Waals surface area (Å²) >= 11 is 0. The highest BCUT2D eigenvalue weighted by Crippen LogP contribution is 2.29. The van der Waals surface area contributed by atoms with Gasteiger partial charge in [0.05, 0.1) is 18.8 Å². The van der Waals surface area contributed by atoms with E-state index in [1.807, 2.05) is 11.0 Å². The first-order chi connectivity index (χ1) is 10.2. The summed E-state index contributed by atoms with van der Waals surface area (Å²) in [4.78, 5) is 26.4. The van der Waals surface area contributed by atoms with E-state index in [0.717, 1.165) is 18.5 Å². The van der Waals surface area contributed by atoms with Crippen molar-refractivity contribution < 1.29 is 9.59 Å². The molecule has 114 valence electrons. The van der Waals surface area contributed by atoms with Crippen LogP contribution in [0.15, 0.2) is 12.3 Å². The average Bonchev–Trinajstić information content (AvgIpc) is 3.15. The van der Waals surface area contributed by atoms with Crippen LogP contribution in [0.3, 0.4) is 0 Å². The zero-order valence-corrected chi connectivity index (χ0v) is 12.4. The van der Waals surface area contributed by atoms with Gasteiger partial charge < -0.3 is 10.2 Å². The van der Waals surface area contributed by atoms with E-state index in [9.17, 15) is 9.59 Å². The second-order valence-corrected chi connectivity index (χ2v) is 6.03. The van der Waals surface area contributed by atoms with E-state index in [4.69, 9.17) is 0 Å². The van der Waals surface area contributed by atoms with Crippen molar-refractivity contribution >= 4 is 11.8 Å². The molecule has 0 unspecified atom stereocenters. The van der Waals surface area contributed by atoms with Crippen molar-refractivity contribution in [2.24, 2.45) is 5.92 Å². The SMILES string of the molecule is CNC(=O)[C@H]1CN(C(=O)CC2CCCC2)Cc2ccnn21. The Hall–Kier alpha value is -1.85. The molecule has 0 radical (unpaired) electrons. The zero-order chi connectivity index (χ0) is 14.8. The number of nitrogens with one attached hydrogen (secondary N) is 1. The topological polar surface area (TPSA) is 67.2 Å². The minimum atomic E-state index is -0.415. The summed E-state index contributed by atoms with van der Waals surface area (Å²) in [7, 11) is 1.62. The number of hydrogen-bond donors (Lipinski definition) is 1. The van der Waals surface area contributed by atoms with Gasteiger partial charge in [-0.05, 0) is 24.8 Å². The molecule has 2 amide bonds. The predicted molar refractivity (Wildman–Crippen MR) is 77.3 cm³/mol. The summed E-state index contributed by atoms with van der Waals surface area (Å²) in [6, 6.07) is 1.46. The molecule has 1 aliphatic carbocycles. The summed E-state index contributed by atoms with van der Waals surface area (Å²) in [5, 5.41) is 6.88. The van der Waals surface area contributed by atoms with Gasteiger partial charge in [-0.15, -0.1) is 0 Å². The minimum Gasteiger partial charge on any atom is -0.357 e. The lowest BCUT2D eigenvalue weighted by Crippen LogP contribution is -2.46. The number of aromatic nitrogens is 2. The van der Waals surface area contributed by atoms with Crippen molar-refractivity contribution in [1.29, 1.82) is 0 Å². The summed E-state index contributed by atoms with van der Waals surface area (Å²) in [5.41, 5.74) is 0.926. The van der Waals surface area contributed by atoms with Crippen LogP contribution in [0.4, 0.5) is 0 Å². The summed E-state index contributed by atoms with van der Waals surface area (Å²) in [6.45, 7) is 0.971. The van der Waals surface area contributed by atoms with Crippen LogP contribution in [0.2, 0.25) is 0 Å². The van der Waals surface area contributed by atoms with Gasteiger partial charge in [-0.25, -0.2) is 0 Å². The molecule has 21 heavy (non-hydrogen) atoms. The fraction of sp³-hybridized carbons (Fsp3) is 0.667. The Bertz CT molecular complexity index is 534. The Labute approximate surface area is 124 Å². The van der Waals surface area contributed by atoms with Gasteiger partial charge in [0.15, 0.2) is 0 Å². The van der Waals surface area contributed by atoms with Crippen molar-refractivity contribution in [3.05, 3.63) is 18.0 Å². The quantitative estimate of drug-likeness (QED) is 0.906. The van der Waals surface area contributed by atoms with Gasteiger partial charge in [-0.2, -0.15) is 5.10 Å². The molecular weight excluding hydrogens is 268 g/mol. The molecule has 1 N–H and O–H groups in total. The maximum atomic E-state index is 12.5. The Morgan fingerprint density at radius 1 is 1.38 bits per heavy atom. The van der Waals surface area contributed by atoms with Crippen molar-refractivity contribution in [1.82, 2.24) is 20.0 Å². The molecule has 1 atom stereocenters. The van der Waals surface area contributed by atoms with Crippen LogP contribution < -0.4 is 5.32 Å². The van der Waals surface area contributed by atoms with Crippen LogP contribution >= 0.6 is 0 Å². The molecule has 0 aromatic carbocycles. The normalized spacial score (nSPS) is 22.1. The molecule has 1 aromatic rings. The molecule has 1 saturated carbocycles. The smallest absolute Gasteiger partial charge is 0.246 e. The van der Waals surface area contributed by atoms with Gasteiger partial charge in [0.25, 0.3) is 0 Å². The largest absolute Gasteiger partial charge is 0.357 e. The van der Waals surface area contributed by atoms with Crippen LogP contribution in [0.5, 0.6) is 0 Å². The zero-order valence-electron chi connectivity index (χ0n) is 12.4. The highest BCUT2D eigenvalue weighted by molar-refractivity contribution is 5.82. The number of rotatable bonds is 3. The van der Waals surface area contributed by atoms with Crippen LogP contribution in [-0.4, -0.2) is 40.1 Å². The van der Waals surface area contributed by atoms with Crippen LogP contribution in [0.1, 0.15) is 43.8 Å². The van der Waals surface area contributed by atoms with Gasteiger partial charge >= 0.3 is 0 Å². The third kappa shape index (κ3) is 2.80. The van der Waals surface area contributed by atoms with Crippen molar-refractivity contribution in [3.8, 4) is 0 Å². The van der Waals surface area contributed by atoms with Crippen LogP contribution in [0, 0.1) is 5.92 Å². The third-order valence-electron chi connectivity index (χ3n) is 4.63. The number of nitrogens with zero attached hydrogens (tertiary/aromatic N) is 3. The standard InChI is InChI=1S/C15H22N4O2/c1-16-15(21)13-10-18(9-12-6-7-17-19(12)13)14(20)8-11-4-2-3-5-11/h6-7,11,13H,2-5,8-10H2,1H3,(H,16,21)/t13-/m1/s1. The molecule has 0 saturated heterocycles. The van der Waals surface area contributed by atoms with E-state index in [1.165, 1.54) is 12.8 Å². The Balaban J connectivity index is 1.72. The van der Waals surface area contributed by atoms with Crippen LogP contribution in [-0.2, 0) is 16.1 Å². The number of fused-ring (bicyclic) bond motifs is 1. The lowest BCUT2D eigenvalue weighted by atomic mass is 10.0. The first-order valence-electron chi connectivity index (χ1n) is 7.71. The maximum absolute atomic E-state index is 12.5. The molecule has 6 nitrogen and oxygen atoms in total. The van der Waals surface area contributed by atoms with Gasteiger partial charge in [-0.1, -0.05) is 12.8 Å².